The van der Waals surface area contributed by atoms with Crippen molar-refractivity contribution in [3.8, 4) is 11.5 Å². The first kappa shape index (κ1) is 31.0. The molecule has 2 aromatic carbocycles. The normalized spacial score (nSPS) is 14.6. The van der Waals surface area contributed by atoms with Crippen molar-refractivity contribution in [1.82, 2.24) is 10.2 Å². The van der Waals surface area contributed by atoms with E-state index < -0.39 is 24.1 Å². The molecule has 2 amide bonds. The van der Waals surface area contributed by atoms with E-state index >= 15 is 0 Å². The Balaban J connectivity index is 2.07. The van der Waals surface area contributed by atoms with Crippen molar-refractivity contribution >= 4 is 17.8 Å². The second kappa shape index (κ2) is 14.2. The van der Waals surface area contributed by atoms with Crippen LogP contribution < -0.4 is 10.1 Å². The highest BCUT2D eigenvalue weighted by molar-refractivity contribution is 5.98. The van der Waals surface area contributed by atoms with E-state index in [4.69, 9.17) is 9.47 Å². The summed E-state index contributed by atoms with van der Waals surface area (Å²) in [5.41, 5.74) is 3.06. The number of phenolic OH excluding ortho intramolecular Hbond substituents is 1. The van der Waals surface area contributed by atoms with Crippen LogP contribution in [0.5, 0.6) is 11.5 Å². The van der Waals surface area contributed by atoms with Crippen LogP contribution in [-0.2, 0) is 27.2 Å². The van der Waals surface area contributed by atoms with Gasteiger partial charge in [-0.2, -0.15) is 0 Å². The fraction of sp³-hybridized carbons (Fsp3) is 0.531. The van der Waals surface area contributed by atoms with Gasteiger partial charge in [-0.15, -0.1) is 0 Å². The SMILES string of the molecule is CCCc1cc(C(=O)NC)c(O)c(CCC)c1OC(C(=O)OC(C)C(=O)N1CCCC1)c1ccc(C(C)C)cc1. The molecule has 0 aromatic heterocycles. The fourth-order valence-corrected chi connectivity index (χ4v) is 5.07. The second-order valence-corrected chi connectivity index (χ2v) is 10.7. The first-order valence-corrected chi connectivity index (χ1v) is 14.5. The summed E-state index contributed by atoms with van der Waals surface area (Å²) in [5.74, 6) is -0.769. The third-order valence-corrected chi connectivity index (χ3v) is 7.33. The lowest BCUT2D eigenvalue weighted by atomic mass is 9.95. The Hall–Kier alpha value is -3.55. The van der Waals surface area contributed by atoms with Gasteiger partial charge in [0.15, 0.2) is 6.10 Å². The minimum Gasteiger partial charge on any atom is -0.507 e. The number of carbonyl (C=O) groups is 3. The van der Waals surface area contributed by atoms with Crippen LogP contribution in [0.25, 0.3) is 0 Å². The van der Waals surface area contributed by atoms with E-state index in [9.17, 15) is 19.5 Å². The third-order valence-electron chi connectivity index (χ3n) is 7.33. The number of nitrogens with zero attached hydrogens (tertiary/aromatic N) is 1. The van der Waals surface area contributed by atoms with Crippen molar-refractivity contribution in [1.29, 1.82) is 0 Å². The summed E-state index contributed by atoms with van der Waals surface area (Å²) in [6.07, 6.45) is 2.22. The van der Waals surface area contributed by atoms with E-state index in [0.29, 0.717) is 55.1 Å². The monoisotopic (exact) mass is 552 g/mol. The van der Waals surface area contributed by atoms with E-state index in [1.165, 1.54) is 7.05 Å². The molecule has 1 heterocycles. The lowest BCUT2D eigenvalue weighted by molar-refractivity contribution is -0.164. The summed E-state index contributed by atoms with van der Waals surface area (Å²) in [6.45, 7) is 11.1. The summed E-state index contributed by atoms with van der Waals surface area (Å²) < 4.78 is 12.2. The zero-order chi connectivity index (χ0) is 29.4. The molecule has 218 valence electrons. The molecule has 2 unspecified atom stereocenters. The predicted molar refractivity (Wildman–Crippen MR) is 155 cm³/mol. The van der Waals surface area contributed by atoms with Gasteiger partial charge in [0.1, 0.15) is 11.5 Å². The first-order chi connectivity index (χ1) is 19.1. The van der Waals surface area contributed by atoms with Crippen LogP contribution in [0.3, 0.4) is 0 Å². The zero-order valence-corrected chi connectivity index (χ0v) is 24.7. The second-order valence-electron chi connectivity index (χ2n) is 10.7. The highest BCUT2D eigenvalue weighted by Crippen LogP contribution is 2.40. The van der Waals surface area contributed by atoms with Crippen molar-refractivity contribution in [2.45, 2.75) is 91.3 Å². The average molecular weight is 553 g/mol. The third kappa shape index (κ3) is 7.14. The largest absolute Gasteiger partial charge is 0.507 e. The molecule has 1 aliphatic rings. The number of hydrogen-bond donors (Lipinski definition) is 2. The molecular weight excluding hydrogens is 508 g/mol. The van der Waals surface area contributed by atoms with Gasteiger partial charge in [-0.25, -0.2) is 4.79 Å². The molecule has 0 radical (unpaired) electrons. The summed E-state index contributed by atoms with van der Waals surface area (Å²) in [5, 5.41) is 13.7. The molecule has 1 aliphatic heterocycles. The van der Waals surface area contributed by atoms with Gasteiger partial charge in [-0.05, 0) is 55.7 Å². The predicted octanol–water partition coefficient (Wildman–Crippen LogP) is 5.45. The van der Waals surface area contributed by atoms with Gasteiger partial charge < -0.3 is 24.8 Å². The maximum Gasteiger partial charge on any atom is 0.352 e. The van der Waals surface area contributed by atoms with Gasteiger partial charge in [0.05, 0.1) is 5.56 Å². The zero-order valence-electron chi connectivity index (χ0n) is 24.7. The number of likely N-dealkylation sites (tertiary alicyclic amines) is 1. The van der Waals surface area contributed by atoms with E-state index in [0.717, 1.165) is 30.4 Å². The van der Waals surface area contributed by atoms with Crippen LogP contribution >= 0.6 is 0 Å². The van der Waals surface area contributed by atoms with Gasteiger partial charge >= 0.3 is 5.97 Å². The fourth-order valence-electron chi connectivity index (χ4n) is 5.07. The highest BCUT2D eigenvalue weighted by Gasteiger charge is 2.33. The number of nitrogens with one attached hydrogen (secondary N) is 1. The van der Waals surface area contributed by atoms with Gasteiger partial charge in [0.25, 0.3) is 11.8 Å². The van der Waals surface area contributed by atoms with Gasteiger partial charge in [-0.3, -0.25) is 9.59 Å². The minimum absolute atomic E-state index is 0.157. The van der Waals surface area contributed by atoms with E-state index in [2.05, 4.69) is 19.2 Å². The van der Waals surface area contributed by atoms with E-state index in [1.807, 2.05) is 38.1 Å². The molecule has 40 heavy (non-hydrogen) atoms. The number of aryl methyl sites for hydroxylation is 1. The number of ether oxygens (including phenoxy) is 2. The van der Waals surface area contributed by atoms with Gasteiger partial charge in [0, 0.05) is 31.3 Å². The number of carbonyl (C=O) groups excluding carboxylic acids is 3. The summed E-state index contributed by atoms with van der Waals surface area (Å²) >= 11 is 0. The van der Waals surface area contributed by atoms with Crippen molar-refractivity contribution < 1.29 is 29.0 Å². The molecule has 1 fully saturated rings. The number of aromatic hydroxyl groups is 1. The van der Waals surface area contributed by atoms with E-state index in [1.54, 1.807) is 17.9 Å². The molecule has 2 atom stereocenters. The maximum absolute atomic E-state index is 13.7. The Kier molecular flexibility index (Phi) is 11.0. The number of rotatable bonds is 12. The molecule has 8 nitrogen and oxygen atoms in total. The molecule has 1 saturated heterocycles. The highest BCUT2D eigenvalue weighted by atomic mass is 16.6. The number of amides is 2. The smallest absolute Gasteiger partial charge is 0.352 e. The van der Waals surface area contributed by atoms with Gasteiger partial charge in [0.2, 0.25) is 6.10 Å². The van der Waals surface area contributed by atoms with Crippen molar-refractivity contribution in [3.63, 3.8) is 0 Å². The standard InChI is InChI=1S/C32H44N2O6/c1-7-11-24-19-26(30(36)33-6)27(35)25(12-8-2)28(24)40-29(23-15-13-22(14-16-23)20(3)4)32(38)39-21(5)31(37)34-17-9-10-18-34/h13-16,19-21,29,35H,7-12,17-18H2,1-6H3,(H,33,36). The summed E-state index contributed by atoms with van der Waals surface area (Å²) in [4.78, 5) is 40.9. The summed E-state index contributed by atoms with van der Waals surface area (Å²) in [7, 11) is 1.52. The van der Waals surface area contributed by atoms with Crippen LogP contribution in [0.1, 0.15) is 105 Å². The molecule has 2 N–H and O–H groups in total. The van der Waals surface area contributed by atoms with Crippen LogP contribution in [0.15, 0.2) is 30.3 Å². The molecule has 0 saturated carbocycles. The molecule has 0 spiro atoms. The van der Waals surface area contributed by atoms with E-state index in [-0.39, 0.29) is 17.2 Å². The first-order valence-electron chi connectivity index (χ1n) is 14.5. The topological polar surface area (TPSA) is 105 Å². The van der Waals surface area contributed by atoms with Crippen LogP contribution in [0.4, 0.5) is 0 Å². The lowest BCUT2D eigenvalue weighted by Crippen LogP contribution is -2.39. The lowest BCUT2D eigenvalue weighted by Gasteiger charge is -2.26. The number of phenols is 1. The average Bonchev–Trinajstić information content (AvgIpc) is 3.48. The van der Waals surface area contributed by atoms with Crippen molar-refractivity contribution in [3.05, 3.63) is 58.1 Å². The van der Waals surface area contributed by atoms with Crippen LogP contribution in [0.2, 0.25) is 0 Å². The van der Waals surface area contributed by atoms with Crippen LogP contribution in [0, 0.1) is 0 Å². The van der Waals surface area contributed by atoms with Crippen LogP contribution in [-0.4, -0.2) is 54.0 Å². The van der Waals surface area contributed by atoms with Gasteiger partial charge in [-0.1, -0.05) is 64.8 Å². The Morgan fingerprint density at radius 1 is 0.975 bits per heavy atom. The Morgan fingerprint density at radius 2 is 1.57 bits per heavy atom. The van der Waals surface area contributed by atoms with Crippen molar-refractivity contribution in [2.24, 2.45) is 0 Å². The Morgan fingerprint density at radius 3 is 2.12 bits per heavy atom. The summed E-state index contributed by atoms with van der Waals surface area (Å²) in [6, 6.07) is 9.22. The molecule has 0 aliphatic carbocycles. The maximum atomic E-state index is 13.7. The molecular formula is C32H44N2O6. The molecule has 0 bridgehead atoms. The Labute approximate surface area is 238 Å². The van der Waals surface area contributed by atoms with Crippen molar-refractivity contribution in [2.75, 3.05) is 20.1 Å². The quantitative estimate of drug-likeness (QED) is 0.339. The molecule has 3 rings (SSSR count). The molecule has 8 heteroatoms. The molecule has 2 aromatic rings. The number of benzene rings is 2. The Bertz CT molecular complexity index is 1180. The minimum atomic E-state index is -1.17. The number of esters is 1. The number of hydrogen-bond acceptors (Lipinski definition) is 6.